The van der Waals surface area contributed by atoms with Crippen molar-refractivity contribution in [3.63, 3.8) is 0 Å². The first kappa shape index (κ1) is 13.5. The van der Waals surface area contributed by atoms with Crippen molar-refractivity contribution in [2.24, 2.45) is 0 Å². The van der Waals surface area contributed by atoms with Crippen molar-refractivity contribution >= 4 is 49.6 Å². The SMILES string of the molecule is O=C(O)c1sc([N+](=O)[O-])cc1Nc1ccc(Br)cc1. The Morgan fingerprint density at radius 3 is 2.53 bits per heavy atom. The number of rotatable bonds is 4. The van der Waals surface area contributed by atoms with Gasteiger partial charge in [0.1, 0.15) is 4.88 Å². The molecule has 0 atom stereocenters. The zero-order valence-electron chi connectivity index (χ0n) is 9.29. The molecule has 19 heavy (non-hydrogen) atoms. The van der Waals surface area contributed by atoms with Gasteiger partial charge < -0.3 is 10.4 Å². The first-order chi connectivity index (χ1) is 8.97. The highest BCUT2D eigenvalue weighted by Gasteiger charge is 2.21. The van der Waals surface area contributed by atoms with E-state index in [0.29, 0.717) is 17.0 Å². The predicted molar refractivity (Wildman–Crippen MR) is 75.4 cm³/mol. The second-order valence-corrected chi connectivity index (χ2v) is 5.47. The molecule has 0 fully saturated rings. The van der Waals surface area contributed by atoms with Crippen molar-refractivity contribution in [2.75, 3.05) is 5.32 Å². The molecule has 0 aliphatic heterocycles. The van der Waals surface area contributed by atoms with E-state index in [0.717, 1.165) is 4.47 Å². The molecule has 2 rings (SSSR count). The Kier molecular flexibility index (Phi) is 3.82. The maximum atomic E-state index is 11.0. The van der Waals surface area contributed by atoms with Gasteiger partial charge in [-0.3, -0.25) is 10.1 Å². The van der Waals surface area contributed by atoms with E-state index in [-0.39, 0.29) is 15.6 Å². The molecule has 98 valence electrons. The number of benzene rings is 1. The topological polar surface area (TPSA) is 92.5 Å². The van der Waals surface area contributed by atoms with Crippen LogP contribution in [0.25, 0.3) is 0 Å². The average Bonchev–Trinajstić information content (AvgIpc) is 2.76. The van der Waals surface area contributed by atoms with Gasteiger partial charge in [0.05, 0.1) is 16.7 Å². The molecule has 0 saturated carbocycles. The second-order valence-electron chi connectivity index (χ2n) is 3.52. The van der Waals surface area contributed by atoms with E-state index in [2.05, 4.69) is 21.2 Å². The van der Waals surface area contributed by atoms with Crippen molar-refractivity contribution in [2.45, 2.75) is 0 Å². The summed E-state index contributed by atoms with van der Waals surface area (Å²) in [6.45, 7) is 0. The number of nitro groups is 1. The summed E-state index contributed by atoms with van der Waals surface area (Å²) in [5, 5.41) is 22.3. The number of nitrogens with one attached hydrogen (secondary N) is 1. The standard InChI is InChI=1S/C11H7BrN2O4S/c12-6-1-3-7(4-2-6)13-8-5-9(14(17)18)19-10(8)11(15)16/h1-5,13H,(H,15,16). The number of halogens is 1. The smallest absolute Gasteiger partial charge is 0.348 e. The van der Waals surface area contributed by atoms with Crippen molar-refractivity contribution in [1.82, 2.24) is 0 Å². The van der Waals surface area contributed by atoms with E-state index in [4.69, 9.17) is 5.11 Å². The highest BCUT2D eigenvalue weighted by atomic mass is 79.9. The summed E-state index contributed by atoms with van der Waals surface area (Å²) in [5.74, 6) is -1.20. The van der Waals surface area contributed by atoms with Gasteiger partial charge in [-0.25, -0.2) is 4.79 Å². The van der Waals surface area contributed by atoms with Gasteiger partial charge >= 0.3 is 11.0 Å². The van der Waals surface area contributed by atoms with E-state index >= 15 is 0 Å². The third kappa shape index (κ3) is 3.09. The summed E-state index contributed by atoms with van der Waals surface area (Å²) in [5.41, 5.74) is 0.866. The summed E-state index contributed by atoms with van der Waals surface area (Å²) in [7, 11) is 0. The van der Waals surface area contributed by atoms with E-state index < -0.39 is 10.9 Å². The van der Waals surface area contributed by atoms with Crippen molar-refractivity contribution < 1.29 is 14.8 Å². The zero-order chi connectivity index (χ0) is 14.0. The lowest BCUT2D eigenvalue weighted by atomic mass is 10.3. The van der Waals surface area contributed by atoms with Crippen LogP contribution >= 0.6 is 27.3 Å². The van der Waals surface area contributed by atoms with Gasteiger partial charge in [0, 0.05) is 10.2 Å². The Hall–Kier alpha value is -1.93. The molecule has 0 radical (unpaired) electrons. The van der Waals surface area contributed by atoms with Gasteiger partial charge in [0.15, 0.2) is 0 Å². The third-order valence-electron chi connectivity index (χ3n) is 2.22. The Morgan fingerprint density at radius 2 is 2.00 bits per heavy atom. The van der Waals surface area contributed by atoms with E-state index in [1.165, 1.54) is 6.07 Å². The molecular weight excluding hydrogens is 336 g/mol. The molecule has 0 spiro atoms. The van der Waals surface area contributed by atoms with Gasteiger partial charge in [-0.15, -0.1) is 0 Å². The number of carboxylic acids is 1. The second kappa shape index (κ2) is 5.37. The fraction of sp³-hybridized carbons (Fsp3) is 0. The highest BCUT2D eigenvalue weighted by molar-refractivity contribution is 9.10. The van der Waals surface area contributed by atoms with Gasteiger partial charge in [0.2, 0.25) is 0 Å². The molecule has 0 saturated heterocycles. The fourth-order valence-electron chi connectivity index (χ4n) is 1.41. The maximum Gasteiger partial charge on any atom is 0.348 e. The summed E-state index contributed by atoms with van der Waals surface area (Å²) in [6, 6.07) is 8.25. The maximum absolute atomic E-state index is 11.0. The minimum absolute atomic E-state index is 0.0883. The Bertz CT molecular complexity index is 639. The van der Waals surface area contributed by atoms with Crippen LogP contribution in [0.1, 0.15) is 9.67 Å². The summed E-state index contributed by atoms with van der Waals surface area (Å²) in [6.07, 6.45) is 0. The zero-order valence-corrected chi connectivity index (χ0v) is 11.7. The van der Waals surface area contributed by atoms with Crippen LogP contribution in [0.2, 0.25) is 0 Å². The van der Waals surface area contributed by atoms with Crippen LogP contribution < -0.4 is 5.32 Å². The number of hydrogen-bond donors (Lipinski definition) is 2. The van der Waals surface area contributed by atoms with Crippen LogP contribution in [0, 0.1) is 10.1 Å². The molecule has 1 heterocycles. The number of nitrogens with zero attached hydrogens (tertiary/aromatic N) is 1. The van der Waals surface area contributed by atoms with Crippen LogP contribution in [0.4, 0.5) is 16.4 Å². The van der Waals surface area contributed by atoms with Crippen LogP contribution in [-0.2, 0) is 0 Å². The lowest BCUT2D eigenvalue weighted by Gasteiger charge is -2.04. The number of hydrogen-bond acceptors (Lipinski definition) is 5. The molecule has 0 bridgehead atoms. The monoisotopic (exact) mass is 342 g/mol. The van der Waals surface area contributed by atoms with Gasteiger partial charge in [0.25, 0.3) is 0 Å². The molecule has 1 aromatic heterocycles. The minimum atomic E-state index is -1.20. The van der Waals surface area contributed by atoms with Crippen molar-refractivity contribution in [3.8, 4) is 0 Å². The summed E-state index contributed by atoms with van der Waals surface area (Å²) >= 11 is 3.91. The number of carbonyl (C=O) groups is 1. The fourth-order valence-corrected chi connectivity index (χ4v) is 2.44. The quantitative estimate of drug-likeness (QED) is 0.650. The summed E-state index contributed by atoms with van der Waals surface area (Å²) < 4.78 is 0.882. The van der Waals surface area contributed by atoms with Crippen molar-refractivity contribution in [1.29, 1.82) is 0 Å². The van der Waals surface area contributed by atoms with Gasteiger partial charge in [-0.05, 0) is 24.3 Å². The lowest BCUT2D eigenvalue weighted by molar-refractivity contribution is -0.380. The highest BCUT2D eigenvalue weighted by Crippen LogP contribution is 2.34. The number of aromatic carboxylic acids is 1. The van der Waals surface area contributed by atoms with Gasteiger partial charge in [-0.1, -0.05) is 27.3 Å². The number of thiophene rings is 1. The van der Waals surface area contributed by atoms with Crippen molar-refractivity contribution in [3.05, 3.63) is 49.8 Å². The van der Waals surface area contributed by atoms with Crippen LogP contribution in [-0.4, -0.2) is 16.0 Å². The molecule has 1 aromatic carbocycles. The number of carboxylic acid groups (broad SMARTS) is 1. The molecular formula is C11H7BrN2O4S. The molecule has 0 aliphatic rings. The number of anilines is 2. The van der Waals surface area contributed by atoms with E-state index in [1.54, 1.807) is 24.3 Å². The first-order valence-corrected chi connectivity index (χ1v) is 6.62. The summed E-state index contributed by atoms with van der Waals surface area (Å²) in [4.78, 5) is 21.0. The Morgan fingerprint density at radius 1 is 1.37 bits per heavy atom. The molecule has 0 unspecified atom stereocenters. The average molecular weight is 343 g/mol. The predicted octanol–water partition coefficient (Wildman–Crippen LogP) is 3.86. The molecule has 0 amide bonds. The molecule has 0 aliphatic carbocycles. The Labute approximate surface area is 120 Å². The minimum Gasteiger partial charge on any atom is -0.477 e. The third-order valence-corrected chi connectivity index (χ3v) is 3.82. The van der Waals surface area contributed by atoms with Crippen LogP contribution in [0.15, 0.2) is 34.8 Å². The van der Waals surface area contributed by atoms with E-state index in [9.17, 15) is 14.9 Å². The normalized spacial score (nSPS) is 10.2. The lowest BCUT2D eigenvalue weighted by Crippen LogP contribution is -1.98. The van der Waals surface area contributed by atoms with E-state index in [1.807, 2.05) is 0 Å². The first-order valence-electron chi connectivity index (χ1n) is 5.01. The molecule has 2 N–H and O–H groups in total. The van der Waals surface area contributed by atoms with Gasteiger partial charge in [-0.2, -0.15) is 0 Å². The molecule has 2 aromatic rings. The molecule has 6 nitrogen and oxygen atoms in total. The van der Waals surface area contributed by atoms with Crippen LogP contribution in [0.5, 0.6) is 0 Å². The molecule has 8 heteroatoms. The van der Waals surface area contributed by atoms with Crippen LogP contribution in [0.3, 0.4) is 0 Å². The largest absolute Gasteiger partial charge is 0.477 e. The Balaban J connectivity index is 2.35.